The van der Waals surface area contributed by atoms with Gasteiger partial charge in [0.2, 0.25) is 11.8 Å². The summed E-state index contributed by atoms with van der Waals surface area (Å²) in [7, 11) is -0.705. The van der Waals surface area contributed by atoms with Gasteiger partial charge in [-0.3, -0.25) is 24.6 Å². The fourth-order valence-electron chi connectivity index (χ4n) is 4.19. The van der Waals surface area contributed by atoms with Crippen molar-refractivity contribution >= 4 is 27.6 Å². The lowest BCUT2D eigenvalue weighted by Gasteiger charge is -2.30. The smallest absolute Gasteiger partial charge is 0.326 e. The summed E-state index contributed by atoms with van der Waals surface area (Å²) >= 11 is 0. The molecule has 2 saturated heterocycles. The van der Waals surface area contributed by atoms with Crippen LogP contribution < -0.4 is 5.32 Å². The number of ether oxygens (including phenoxy) is 1. The van der Waals surface area contributed by atoms with E-state index in [9.17, 15) is 22.8 Å². The van der Waals surface area contributed by atoms with E-state index in [4.69, 9.17) is 4.74 Å². The topological polar surface area (TPSA) is 110 Å². The second-order valence-corrected chi connectivity index (χ2v) is 9.03. The largest absolute Gasteiger partial charge is 0.468 e. The molecule has 9 heteroatoms. The number of nitrogens with zero attached hydrogens (tertiary/aromatic N) is 1. The van der Waals surface area contributed by atoms with Crippen LogP contribution >= 0.6 is 0 Å². The maximum absolute atomic E-state index is 12.7. The summed E-state index contributed by atoms with van der Waals surface area (Å²) in [5, 5.41) is 3.17. The van der Waals surface area contributed by atoms with Crippen LogP contribution in [-0.2, 0) is 29.0 Å². The number of carbonyl (C=O) groups excluding carboxylic acids is 3. The number of rotatable bonds is 4. The molecule has 2 aliphatic heterocycles. The maximum atomic E-state index is 12.7. The number of fused-ring (bicyclic) bond motifs is 1. The van der Waals surface area contributed by atoms with Gasteiger partial charge in [0.25, 0.3) is 0 Å². The van der Waals surface area contributed by atoms with Gasteiger partial charge < -0.3 is 4.74 Å². The fourth-order valence-corrected chi connectivity index (χ4v) is 4.82. The van der Waals surface area contributed by atoms with Gasteiger partial charge in [-0.2, -0.15) is 0 Å². The number of hydrogen-bond acceptors (Lipinski definition) is 7. The van der Waals surface area contributed by atoms with E-state index in [0.29, 0.717) is 5.56 Å². The van der Waals surface area contributed by atoms with E-state index >= 15 is 0 Å². The third kappa shape index (κ3) is 2.76. The van der Waals surface area contributed by atoms with Gasteiger partial charge in [-0.15, -0.1) is 0 Å². The van der Waals surface area contributed by atoms with Crippen LogP contribution in [-0.4, -0.2) is 57.1 Å². The lowest BCUT2D eigenvalue weighted by molar-refractivity contribution is -0.154. The number of hydrogen-bond donors (Lipinski definition) is 1. The molecule has 0 aromatic heterocycles. The molecular formula is C18H22N2O6S. The molecule has 2 aliphatic rings. The number of nitrogens with one attached hydrogen (secondary N) is 1. The normalized spacial score (nSPS) is 30.5. The van der Waals surface area contributed by atoms with Crippen LogP contribution in [0.4, 0.5) is 0 Å². The molecule has 0 spiro atoms. The second-order valence-electron chi connectivity index (χ2n) is 7.02. The molecule has 27 heavy (non-hydrogen) atoms. The Labute approximate surface area is 157 Å². The molecule has 2 fully saturated rings. The molecule has 8 nitrogen and oxygen atoms in total. The summed E-state index contributed by atoms with van der Waals surface area (Å²) in [4.78, 5) is 39.3. The van der Waals surface area contributed by atoms with Crippen LogP contribution in [0.1, 0.15) is 24.9 Å². The minimum atomic E-state index is -3.36. The molecule has 1 aromatic rings. The minimum Gasteiger partial charge on any atom is -0.468 e. The zero-order valence-corrected chi connectivity index (χ0v) is 16.4. The first-order valence-electron chi connectivity index (χ1n) is 8.56. The Bertz CT molecular complexity index is 910. The minimum absolute atomic E-state index is 0.154. The molecule has 3 rings (SSSR count). The molecule has 0 unspecified atom stereocenters. The number of methoxy groups -OCH3 is 1. The van der Waals surface area contributed by atoms with E-state index in [0.717, 1.165) is 11.2 Å². The number of benzene rings is 1. The number of likely N-dealkylation sites (tertiary alicyclic amines) is 1. The third-order valence-corrected chi connectivity index (χ3v) is 6.78. The predicted octanol–water partition coefficient (Wildman–Crippen LogP) is 0.287. The number of amides is 2. The van der Waals surface area contributed by atoms with Gasteiger partial charge in [-0.25, -0.2) is 8.42 Å². The van der Waals surface area contributed by atoms with E-state index < -0.39 is 45.1 Å². The van der Waals surface area contributed by atoms with Gasteiger partial charge in [0.1, 0.15) is 5.54 Å². The lowest BCUT2D eigenvalue weighted by atomic mass is 9.78. The Morgan fingerprint density at radius 3 is 2.30 bits per heavy atom. The monoisotopic (exact) mass is 394 g/mol. The highest BCUT2D eigenvalue weighted by atomic mass is 32.2. The van der Waals surface area contributed by atoms with Gasteiger partial charge in [-0.05, 0) is 24.1 Å². The summed E-state index contributed by atoms with van der Waals surface area (Å²) in [6.45, 7) is 1.76. The average Bonchev–Trinajstić information content (AvgIpc) is 3.11. The average molecular weight is 394 g/mol. The van der Waals surface area contributed by atoms with Gasteiger partial charge in [0, 0.05) is 19.3 Å². The van der Waals surface area contributed by atoms with Crippen LogP contribution in [0, 0.1) is 11.8 Å². The first kappa shape index (κ1) is 19.5. The van der Waals surface area contributed by atoms with E-state index in [2.05, 4.69) is 5.32 Å². The molecule has 2 amide bonds. The van der Waals surface area contributed by atoms with Crippen molar-refractivity contribution in [2.75, 3.05) is 20.4 Å². The number of imide groups is 1. The highest BCUT2D eigenvalue weighted by Crippen LogP contribution is 2.50. The van der Waals surface area contributed by atoms with Crippen molar-refractivity contribution in [2.24, 2.45) is 11.8 Å². The van der Waals surface area contributed by atoms with E-state index in [1.807, 2.05) is 0 Å². The van der Waals surface area contributed by atoms with Crippen molar-refractivity contribution in [2.45, 2.75) is 29.8 Å². The summed E-state index contributed by atoms with van der Waals surface area (Å²) in [6, 6.07) is 5.50. The highest BCUT2D eigenvalue weighted by molar-refractivity contribution is 7.90. The molecule has 0 radical (unpaired) electrons. The zero-order valence-electron chi connectivity index (χ0n) is 15.6. The third-order valence-electron chi connectivity index (χ3n) is 5.65. The molecule has 0 saturated carbocycles. The van der Waals surface area contributed by atoms with Crippen molar-refractivity contribution < 1.29 is 27.5 Å². The van der Waals surface area contributed by atoms with Crippen LogP contribution in [0.5, 0.6) is 0 Å². The quantitative estimate of drug-likeness (QED) is 0.577. The van der Waals surface area contributed by atoms with Crippen LogP contribution in [0.2, 0.25) is 0 Å². The molecule has 1 aromatic carbocycles. The molecular weight excluding hydrogens is 372 g/mol. The van der Waals surface area contributed by atoms with Crippen molar-refractivity contribution in [3.05, 3.63) is 29.8 Å². The van der Waals surface area contributed by atoms with Crippen molar-refractivity contribution in [1.29, 1.82) is 0 Å². The summed E-state index contributed by atoms with van der Waals surface area (Å²) in [6.07, 6.45) is 1.38. The number of sulfone groups is 1. The Balaban J connectivity index is 2.10. The van der Waals surface area contributed by atoms with Gasteiger partial charge in [-0.1, -0.05) is 19.1 Å². The molecule has 0 aliphatic carbocycles. The van der Waals surface area contributed by atoms with Gasteiger partial charge >= 0.3 is 5.97 Å². The van der Waals surface area contributed by atoms with Gasteiger partial charge in [0.05, 0.1) is 23.8 Å². The molecule has 0 bridgehead atoms. The van der Waals surface area contributed by atoms with Crippen molar-refractivity contribution in [3.8, 4) is 0 Å². The first-order chi connectivity index (χ1) is 12.6. The standard InChI is InChI=1S/C18H22N2O6S/c1-5-18(17(23)26-3)13-12(15(21)20(2)16(13)22)14(19-18)10-6-8-11(9-7-10)27(4,24)25/h6-9,12-14,19H,5H2,1-4H3/t12-,13-,14-,18-/m0/s1. The van der Waals surface area contributed by atoms with Crippen LogP contribution in [0.25, 0.3) is 0 Å². The zero-order chi connectivity index (χ0) is 20.1. The summed E-state index contributed by atoms with van der Waals surface area (Å²) in [5.74, 6) is -3.00. The molecule has 146 valence electrons. The SMILES string of the molecule is CC[C@]1(C(=O)OC)N[C@@H](c2ccc(S(C)(=O)=O)cc2)[C@H]2C(=O)N(C)C(=O)[C@H]21. The van der Waals surface area contributed by atoms with E-state index in [1.54, 1.807) is 19.1 Å². The summed E-state index contributed by atoms with van der Waals surface area (Å²) in [5.41, 5.74) is -0.676. The Morgan fingerprint density at radius 1 is 1.22 bits per heavy atom. The fraction of sp³-hybridized carbons (Fsp3) is 0.500. The Hall–Kier alpha value is -2.26. The van der Waals surface area contributed by atoms with Crippen LogP contribution in [0.3, 0.4) is 0 Å². The first-order valence-corrected chi connectivity index (χ1v) is 10.4. The van der Waals surface area contributed by atoms with Crippen LogP contribution in [0.15, 0.2) is 29.2 Å². The maximum Gasteiger partial charge on any atom is 0.326 e. The van der Waals surface area contributed by atoms with E-state index in [-0.39, 0.29) is 17.2 Å². The lowest BCUT2D eigenvalue weighted by Crippen LogP contribution is -2.55. The van der Waals surface area contributed by atoms with Crippen molar-refractivity contribution in [1.82, 2.24) is 10.2 Å². The second kappa shape index (κ2) is 6.42. The predicted molar refractivity (Wildman–Crippen MR) is 95.2 cm³/mol. The summed E-state index contributed by atoms with van der Waals surface area (Å²) < 4.78 is 28.3. The van der Waals surface area contributed by atoms with Crippen molar-refractivity contribution in [3.63, 3.8) is 0 Å². The number of carbonyl (C=O) groups is 3. The Kier molecular flexibility index (Phi) is 4.63. The molecule has 2 heterocycles. The van der Waals surface area contributed by atoms with Gasteiger partial charge in [0.15, 0.2) is 9.84 Å². The molecule has 4 atom stereocenters. The highest BCUT2D eigenvalue weighted by Gasteiger charge is 2.67. The Morgan fingerprint density at radius 2 is 1.81 bits per heavy atom. The molecule has 1 N–H and O–H groups in total. The van der Waals surface area contributed by atoms with E-state index in [1.165, 1.54) is 26.3 Å². The number of esters is 1.